The molecular weight excluding hydrogens is 463 g/mol. The van der Waals surface area contributed by atoms with Gasteiger partial charge in [-0.3, -0.25) is 4.79 Å². The second kappa shape index (κ2) is 8.50. The summed E-state index contributed by atoms with van der Waals surface area (Å²) >= 11 is 12.7. The summed E-state index contributed by atoms with van der Waals surface area (Å²) in [5.41, 5.74) is 15.2. The standard InChI is InChI=1S/C29H24Cl2N2O/c1-16-11-17(2)24(18(3)12-16)15-33-26-6-4-5-23(29(32)34)28(26)22-9-7-19(13-27(22)33)21-10-8-20(30)14-25(21)31/h4-14H,15H2,1-3H3,(H2,32,34). The van der Waals surface area contributed by atoms with Gasteiger partial charge in [-0.25, -0.2) is 0 Å². The molecule has 5 rings (SSSR count). The fourth-order valence-electron chi connectivity index (χ4n) is 5.03. The van der Waals surface area contributed by atoms with Gasteiger partial charge in [-0.1, -0.05) is 65.2 Å². The van der Waals surface area contributed by atoms with Gasteiger partial charge >= 0.3 is 0 Å². The Kier molecular flexibility index (Phi) is 5.63. The summed E-state index contributed by atoms with van der Waals surface area (Å²) < 4.78 is 2.27. The number of nitrogens with zero attached hydrogens (tertiary/aromatic N) is 1. The van der Waals surface area contributed by atoms with Gasteiger partial charge in [-0.05, 0) is 73.4 Å². The Bertz CT molecular complexity index is 1590. The third kappa shape index (κ3) is 3.75. The predicted molar refractivity (Wildman–Crippen MR) is 143 cm³/mol. The number of hydrogen-bond donors (Lipinski definition) is 1. The number of fused-ring (bicyclic) bond motifs is 3. The van der Waals surface area contributed by atoms with Crippen molar-refractivity contribution in [3.8, 4) is 11.1 Å². The molecule has 0 atom stereocenters. The highest BCUT2D eigenvalue weighted by atomic mass is 35.5. The molecule has 0 spiro atoms. The van der Waals surface area contributed by atoms with Crippen LogP contribution in [0.5, 0.6) is 0 Å². The minimum absolute atomic E-state index is 0.433. The monoisotopic (exact) mass is 486 g/mol. The molecule has 3 nitrogen and oxygen atoms in total. The number of amides is 1. The summed E-state index contributed by atoms with van der Waals surface area (Å²) in [5.74, 6) is -0.433. The molecule has 4 aromatic carbocycles. The third-order valence-corrected chi connectivity index (χ3v) is 7.10. The molecule has 0 aliphatic carbocycles. The van der Waals surface area contributed by atoms with Crippen LogP contribution >= 0.6 is 23.2 Å². The minimum Gasteiger partial charge on any atom is -0.366 e. The van der Waals surface area contributed by atoms with E-state index in [9.17, 15) is 4.79 Å². The van der Waals surface area contributed by atoms with Gasteiger partial charge in [0.05, 0.1) is 11.0 Å². The first kappa shape index (κ1) is 22.5. The molecule has 170 valence electrons. The number of aryl methyl sites for hydroxylation is 3. The first-order valence-electron chi connectivity index (χ1n) is 11.1. The summed E-state index contributed by atoms with van der Waals surface area (Å²) in [6.07, 6.45) is 0. The number of carbonyl (C=O) groups is 1. The Morgan fingerprint density at radius 3 is 2.29 bits per heavy atom. The average molecular weight is 487 g/mol. The smallest absolute Gasteiger partial charge is 0.249 e. The van der Waals surface area contributed by atoms with Gasteiger partial charge in [-0.2, -0.15) is 0 Å². The number of halogens is 2. The zero-order valence-electron chi connectivity index (χ0n) is 19.2. The lowest BCUT2D eigenvalue weighted by atomic mass is 9.99. The van der Waals surface area contributed by atoms with Gasteiger partial charge in [0.1, 0.15) is 0 Å². The topological polar surface area (TPSA) is 48.0 Å². The van der Waals surface area contributed by atoms with Crippen LogP contribution < -0.4 is 5.73 Å². The lowest BCUT2D eigenvalue weighted by Crippen LogP contribution is -2.11. The summed E-state index contributed by atoms with van der Waals surface area (Å²) in [6, 6.07) is 21.9. The molecule has 0 aliphatic heterocycles. The Balaban J connectivity index is 1.83. The van der Waals surface area contributed by atoms with E-state index in [1.54, 1.807) is 12.1 Å². The van der Waals surface area contributed by atoms with Crippen LogP contribution in [0.1, 0.15) is 32.6 Å². The summed E-state index contributed by atoms with van der Waals surface area (Å²) in [5, 5.41) is 3.06. The van der Waals surface area contributed by atoms with E-state index < -0.39 is 5.91 Å². The normalized spacial score (nSPS) is 11.4. The number of carbonyl (C=O) groups excluding carboxylic acids is 1. The molecule has 5 aromatic rings. The van der Waals surface area contributed by atoms with Crippen molar-refractivity contribution in [3.05, 3.63) is 105 Å². The lowest BCUT2D eigenvalue weighted by molar-refractivity contribution is 0.100. The van der Waals surface area contributed by atoms with Gasteiger partial charge in [0.25, 0.3) is 0 Å². The number of benzene rings is 4. The molecule has 1 aromatic heterocycles. The summed E-state index contributed by atoms with van der Waals surface area (Å²) in [4.78, 5) is 12.3. The highest BCUT2D eigenvalue weighted by molar-refractivity contribution is 6.36. The molecule has 1 heterocycles. The highest BCUT2D eigenvalue weighted by Gasteiger charge is 2.19. The van der Waals surface area contributed by atoms with E-state index in [-0.39, 0.29) is 0 Å². The average Bonchev–Trinajstić information content (AvgIpc) is 3.09. The van der Waals surface area contributed by atoms with Gasteiger partial charge in [-0.15, -0.1) is 0 Å². The van der Waals surface area contributed by atoms with E-state index in [4.69, 9.17) is 28.9 Å². The molecule has 0 fully saturated rings. The van der Waals surface area contributed by atoms with E-state index >= 15 is 0 Å². The first-order valence-corrected chi connectivity index (χ1v) is 11.9. The van der Waals surface area contributed by atoms with Gasteiger partial charge < -0.3 is 10.3 Å². The predicted octanol–water partition coefficient (Wildman–Crippen LogP) is 7.84. The Hall–Kier alpha value is -3.27. The molecule has 0 unspecified atom stereocenters. The molecule has 34 heavy (non-hydrogen) atoms. The quantitative estimate of drug-likeness (QED) is 0.276. The first-order chi connectivity index (χ1) is 16.2. The van der Waals surface area contributed by atoms with Crippen molar-refractivity contribution in [2.45, 2.75) is 27.3 Å². The maximum atomic E-state index is 12.3. The SMILES string of the molecule is Cc1cc(C)c(Cn2c3cc(-c4ccc(Cl)cc4Cl)ccc3c3c(C(N)=O)cccc32)c(C)c1. The Labute approximate surface area is 208 Å². The van der Waals surface area contributed by atoms with Crippen molar-refractivity contribution in [1.29, 1.82) is 0 Å². The second-order valence-electron chi connectivity index (χ2n) is 8.88. The van der Waals surface area contributed by atoms with Crippen molar-refractivity contribution in [2.24, 2.45) is 5.73 Å². The molecule has 5 heteroatoms. The van der Waals surface area contributed by atoms with Crippen LogP contribution in [0.15, 0.2) is 66.7 Å². The summed E-state index contributed by atoms with van der Waals surface area (Å²) in [7, 11) is 0. The molecule has 0 radical (unpaired) electrons. The number of hydrogen-bond acceptors (Lipinski definition) is 1. The van der Waals surface area contributed by atoms with Gasteiger partial charge in [0.15, 0.2) is 0 Å². The van der Waals surface area contributed by atoms with Crippen LogP contribution in [-0.2, 0) is 6.54 Å². The maximum absolute atomic E-state index is 12.3. The van der Waals surface area contributed by atoms with Crippen LogP contribution in [0.25, 0.3) is 32.9 Å². The molecular formula is C29H24Cl2N2O. The van der Waals surface area contributed by atoms with Crippen molar-refractivity contribution < 1.29 is 4.79 Å². The molecule has 2 N–H and O–H groups in total. The number of primary amides is 1. The van der Waals surface area contributed by atoms with E-state index in [0.29, 0.717) is 22.2 Å². The van der Waals surface area contributed by atoms with Crippen molar-refractivity contribution in [2.75, 3.05) is 0 Å². The van der Waals surface area contributed by atoms with E-state index in [1.807, 2.05) is 24.3 Å². The van der Waals surface area contributed by atoms with E-state index in [0.717, 1.165) is 32.9 Å². The zero-order valence-corrected chi connectivity index (χ0v) is 20.8. The second-order valence-corrected chi connectivity index (χ2v) is 9.73. The van der Waals surface area contributed by atoms with Crippen molar-refractivity contribution in [1.82, 2.24) is 4.57 Å². The Morgan fingerprint density at radius 1 is 0.882 bits per heavy atom. The minimum atomic E-state index is -0.433. The number of aromatic nitrogens is 1. The highest BCUT2D eigenvalue weighted by Crippen LogP contribution is 2.37. The van der Waals surface area contributed by atoms with Crippen molar-refractivity contribution in [3.63, 3.8) is 0 Å². The lowest BCUT2D eigenvalue weighted by Gasteiger charge is -2.15. The van der Waals surface area contributed by atoms with Crippen LogP contribution in [0.2, 0.25) is 10.0 Å². The fourth-order valence-corrected chi connectivity index (χ4v) is 5.55. The molecule has 0 saturated carbocycles. The fraction of sp³-hybridized carbons (Fsp3) is 0.138. The maximum Gasteiger partial charge on any atom is 0.249 e. The van der Waals surface area contributed by atoms with Crippen LogP contribution in [0.3, 0.4) is 0 Å². The largest absolute Gasteiger partial charge is 0.366 e. The van der Waals surface area contributed by atoms with Crippen LogP contribution in [0, 0.1) is 20.8 Å². The van der Waals surface area contributed by atoms with E-state index in [1.165, 1.54) is 22.3 Å². The number of rotatable bonds is 4. The Morgan fingerprint density at radius 2 is 1.62 bits per heavy atom. The molecule has 0 aliphatic rings. The molecule has 0 saturated heterocycles. The van der Waals surface area contributed by atoms with Gasteiger partial charge in [0.2, 0.25) is 5.91 Å². The van der Waals surface area contributed by atoms with Crippen molar-refractivity contribution >= 4 is 50.9 Å². The summed E-state index contributed by atoms with van der Waals surface area (Å²) in [6.45, 7) is 7.09. The van der Waals surface area contributed by atoms with Crippen LogP contribution in [0.4, 0.5) is 0 Å². The molecule has 0 bridgehead atoms. The number of nitrogens with two attached hydrogens (primary N) is 1. The third-order valence-electron chi connectivity index (χ3n) is 6.56. The zero-order chi connectivity index (χ0) is 24.1. The van der Waals surface area contributed by atoms with Gasteiger partial charge in [0, 0.05) is 38.5 Å². The molecule has 1 amide bonds. The van der Waals surface area contributed by atoms with Crippen LogP contribution in [-0.4, -0.2) is 10.5 Å². The van der Waals surface area contributed by atoms with E-state index in [2.05, 4.69) is 55.7 Å².